The molecule has 2 aromatic carbocycles. The molecule has 1 aliphatic heterocycles. The lowest BCUT2D eigenvalue weighted by Gasteiger charge is -2.17. The van der Waals surface area contributed by atoms with Gasteiger partial charge < -0.3 is 47.4 Å². The van der Waals surface area contributed by atoms with Crippen LogP contribution in [0.1, 0.15) is 0 Å². The van der Waals surface area contributed by atoms with Gasteiger partial charge in [0.05, 0.1) is 67.1 Å². The minimum absolute atomic E-state index is 0.333. The molecule has 2 aromatic rings. The van der Waals surface area contributed by atoms with Crippen LogP contribution in [-0.4, -0.2) is 93.5 Å². The van der Waals surface area contributed by atoms with Crippen LogP contribution in [-0.2, 0) is 18.9 Å². The second-order valence-corrected chi connectivity index (χ2v) is 7.44. The first-order valence-corrected chi connectivity index (χ1v) is 12.0. The highest BCUT2D eigenvalue weighted by Crippen LogP contribution is 2.39. The van der Waals surface area contributed by atoms with Crippen molar-refractivity contribution in [2.45, 2.75) is 0 Å². The smallest absolute Gasteiger partial charge is 0.165 e. The van der Waals surface area contributed by atoms with Crippen molar-refractivity contribution in [3.63, 3.8) is 0 Å². The maximum Gasteiger partial charge on any atom is 0.165 e. The molecule has 0 bridgehead atoms. The van der Waals surface area contributed by atoms with Gasteiger partial charge in [0, 0.05) is 12.1 Å². The van der Waals surface area contributed by atoms with Gasteiger partial charge in [-0.05, 0) is 12.1 Å². The molecule has 10 heteroatoms. The Kier molecular flexibility index (Phi) is 12.8. The SMILES string of the molecule is COc1cc2c(cc1OC)OCCOCCOCCOc1ccccc1OCCOCCOCCO2. The zero-order chi connectivity index (χ0) is 25.3. The Balaban J connectivity index is 1.52. The van der Waals surface area contributed by atoms with Crippen LogP contribution in [0.25, 0.3) is 0 Å². The van der Waals surface area contributed by atoms with E-state index in [4.69, 9.17) is 47.4 Å². The van der Waals surface area contributed by atoms with Crippen molar-refractivity contribution in [3.8, 4) is 34.5 Å². The van der Waals surface area contributed by atoms with Gasteiger partial charge in [0.1, 0.15) is 26.4 Å². The van der Waals surface area contributed by atoms with E-state index in [1.165, 1.54) is 0 Å². The fourth-order valence-corrected chi connectivity index (χ4v) is 3.24. The molecule has 0 saturated carbocycles. The first-order valence-electron chi connectivity index (χ1n) is 12.0. The van der Waals surface area contributed by atoms with Crippen molar-refractivity contribution in [3.05, 3.63) is 36.4 Å². The van der Waals surface area contributed by atoms with E-state index in [1.54, 1.807) is 26.4 Å². The third-order valence-corrected chi connectivity index (χ3v) is 4.98. The van der Waals surface area contributed by atoms with E-state index >= 15 is 0 Å². The van der Waals surface area contributed by atoms with Gasteiger partial charge in [-0.2, -0.15) is 0 Å². The monoisotopic (exact) mass is 508 g/mol. The summed E-state index contributed by atoms with van der Waals surface area (Å²) in [5.41, 5.74) is 0. The number of benzene rings is 2. The summed E-state index contributed by atoms with van der Waals surface area (Å²) >= 11 is 0. The standard InChI is InChI=1S/C26H36O10/c1-27-23-19-25-26(20-24(23)28-2)36-18-14-32-10-8-30-12-16-34-22-6-4-3-5-21(22)33-15-11-29-7-9-31-13-17-35-25/h3-6,19-20H,7-18H2,1-2H3. The molecule has 0 unspecified atom stereocenters. The fourth-order valence-electron chi connectivity index (χ4n) is 3.24. The van der Waals surface area contributed by atoms with Crippen molar-refractivity contribution < 1.29 is 47.4 Å². The highest BCUT2D eigenvalue weighted by molar-refractivity contribution is 5.54. The molecule has 0 spiro atoms. The fraction of sp³-hybridized carbons (Fsp3) is 0.538. The van der Waals surface area contributed by atoms with Gasteiger partial charge in [-0.15, -0.1) is 0 Å². The lowest BCUT2D eigenvalue weighted by molar-refractivity contribution is 0.0223. The number of hydrogen-bond acceptors (Lipinski definition) is 10. The molecule has 0 radical (unpaired) electrons. The summed E-state index contributed by atoms with van der Waals surface area (Å²) in [6, 6.07) is 11.0. The highest BCUT2D eigenvalue weighted by Gasteiger charge is 2.14. The van der Waals surface area contributed by atoms with Crippen molar-refractivity contribution in [1.82, 2.24) is 0 Å². The minimum atomic E-state index is 0.333. The summed E-state index contributed by atoms with van der Waals surface area (Å²) in [6.45, 7) is 4.90. The Hall–Kier alpha value is -2.92. The van der Waals surface area contributed by atoms with E-state index in [-0.39, 0.29) is 0 Å². The Bertz CT molecular complexity index is 806. The molecule has 0 saturated heterocycles. The van der Waals surface area contributed by atoms with Crippen LogP contribution in [0, 0.1) is 0 Å². The average molecular weight is 509 g/mol. The normalized spacial score (nSPS) is 17.4. The molecule has 0 amide bonds. The summed E-state index contributed by atoms with van der Waals surface area (Å²) in [4.78, 5) is 0. The molecule has 0 N–H and O–H groups in total. The maximum absolute atomic E-state index is 5.88. The number of ether oxygens (including phenoxy) is 10. The predicted molar refractivity (Wildman–Crippen MR) is 131 cm³/mol. The van der Waals surface area contributed by atoms with E-state index in [0.29, 0.717) is 114 Å². The highest BCUT2D eigenvalue weighted by atomic mass is 16.6. The molecular formula is C26H36O10. The summed E-state index contributed by atoms with van der Waals surface area (Å²) in [7, 11) is 3.14. The number of hydrogen-bond donors (Lipinski definition) is 0. The second kappa shape index (κ2) is 16.7. The van der Waals surface area contributed by atoms with Crippen LogP contribution in [0.5, 0.6) is 34.5 Å². The third kappa shape index (κ3) is 9.62. The van der Waals surface area contributed by atoms with Crippen molar-refractivity contribution in [2.24, 2.45) is 0 Å². The first kappa shape index (κ1) is 27.7. The largest absolute Gasteiger partial charge is 0.493 e. The molecule has 3 rings (SSSR count). The van der Waals surface area contributed by atoms with Gasteiger partial charge in [-0.3, -0.25) is 0 Å². The summed E-state index contributed by atoms with van der Waals surface area (Å²) in [6.07, 6.45) is 0. The Morgan fingerprint density at radius 1 is 0.444 bits per heavy atom. The van der Waals surface area contributed by atoms with Gasteiger partial charge in [0.25, 0.3) is 0 Å². The van der Waals surface area contributed by atoms with Crippen molar-refractivity contribution in [2.75, 3.05) is 93.5 Å². The molecule has 0 fully saturated rings. The minimum Gasteiger partial charge on any atom is -0.493 e. The zero-order valence-corrected chi connectivity index (χ0v) is 21.0. The third-order valence-electron chi connectivity index (χ3n) is 4.98. The van der Waals surface area contributed by atoms with Crippen LogP contribution >= 0.6 is 0 Å². The van der Waals surface area contributed by atoms with Crippen LogP contribution in [0.4, 0.5) is 0 Å². The Morgan fingerprint density at radius 2 is 0.750 bits per heavy atom. The first-order chi connectivity index (χ1) is 17.8. The van der Waals surface area contributed by atoms with Crippen molar-refractivity contribution in [1.29, 1.82) is 0 Å². The van der Waals surface area contributed by atoms with Gasteiger partial charge in [-0.1, -0.05) is 12.1 Å². The molecule has 10 nitrogen and oxygen atoms in total. The van der Waals surface area contributed by atoms with Gasteiger partial charge in [0.2, 0.25) is 0 Å². The van der Waals surface area contributed by atoms with Crippen LogP contribution in [0.2, 0.25) is 0 Å². The molecular weight excluding hydrogens is 472 g/mol. The topological polar surface area (TPSA) is 92.3 Å². The van der Waals surface area contributed by atoms with E-state index < -0.39 is 0 Å². The Labute approximate surface area is 212 Å². The lowest BCUT2D eigenvalue weighted by atomic mass is 10.2. The van der Waals surface area contributed by atoms with Crippen LogP contribution < -0.4 is 28.4 Å². The quantitative estimate of drug-likeness (QED) is 0.603. The van der Waals surface area contributed by atoms with Gasteiger partial charge in [-0.25, -0.2) is 0 Å². The number of rotatable bonds is 2. The van der Waals surface area contributed by atoms with E-state index in [1.807, 2.05) is 24.3 Å². The Morgan fingerprint density at radius 3 is 1.08 bits per heavy atom. The molecule has 0 aromatic heterocycles. The molecule has 0 aliphatic carbocycles. The van der Waals surface area contributed by atoms with E-state index in [0.717, 1.165) is 0 Å². The summed E-state index contributed by atoms with van der Waals surface area (Å²) in [5, 5.41) is 0. The average Bonchev–Trinajstić information content (AvgIpc) is 2.91. The summed E-state index contributed by atoms with van der Waals surface area (Å²) in [5.74, 6) is 3.49. The van der Waals surface area contributed by atoms with Crippen molar-refractivity contribution >= 4 is 0 Å². The number of para-hydroxylation sites is 2. The number of fused-ring (bicyclic) bond motifs is 2. The maximum atomic E-state index is 5.88. The molecule has 200 valence electrons. The molecule has 1 aliphatic rings. The van der Waals surface area contributed by atoms with Crippen LogP contribution in [0.15, 0.2) is 36.4 Å². The van der Waals surface area contributed by atoms with Gasteiger partial charge >= 0.3 is 0 Å². The second-order valence-electron chi connectivity index (χ2n) is 7.44. The lowest BCUT2D eigenvalue weighted by Crippen LogP contribution is -2.15. The summed E-state index contributed by atoms with van der Waals surface area (Å²) < 4.78 is 56.5. The van der Waals surface area contributed by atoms with E-state index in [9.17, 15) is 0 Å². The zero-order valence-electron chi connectivity index (χ0n) is 21.0. The van der Waals surface area contributed by atoms with Gasteiger partial charge in [0.15, 0.2) is 34.5 Å². The number of methoxy groups -OCH3 is 2. The predicted octanol–water partition coefficient (Wildman–Crippen LogP) is 3.00. The van der Waals surface area contributed by atoms with E-state index in [2.05, 4.69) is 0 Å². The molecule has 0 atom stereocenters. The molecule has 36 heavy (non-hydrogen) atoms. The molecule has 1 heterocycles. The van der Waals surface area contributed by atoms with Crippen LogP contribution in [0.3, 0.4) is 0 Å².